The third-order valence-corrected chi connectivity index (χ3v) is 3.67. The van der Waals surface area contributed by atoms with Crippen molar-refractivity contribution in [2.24, 2.45) is 0 Å². The van der Waals surface area contributed by atoms with Crippen molar-refractivity contribution in [3.8, 4) is 0 Å². The van der Waals surface area contributed by atoms with Crippen molar-refractivity contribution in [3.63, 3.8) is 0 Å². The summed E-state index contributed by atoms with van der Waals surface area (Å²) in [6, 6.07) is 0. The van der Waals surface area contributed by atoms with E-state index in [1.165, 1.54) is 63.4 Å². The van der Waals surface area contributed by atoms with Crippen LogP contribution in [-0.2, 0) is 0 Å². The zero-order chi connectivity index (χ0) is 10.6. The molecule has 0 bridgehead atoms. The second-order valence-corrected chi connectivity index (χ2v) is 4.80. The Morgan fingerprint density at radius 1 is 0.929 bits per heavy atom. The van der Waals surface area contributed by atoms with Crippen molar-refractivity contribution >= 4 is 22.6 Å². The van der Waals surface area contributed by atoms with Gasteiger partial charge in [0.1, 0.15) is 0 Å². The van der Waals surface area contributed by atoms with Crippen molar-refractivity contribution in [1.82, 2.24) is 0 Å². The van der Waals surface area contributed by atoms with Crippen LogP contribution >= 0.6 is 22.6 Å². The monoisotopic (exact) mass is 308 g/mol. The molecule has 0 aliphatic heterocycles. The second kappa shape index (κ2) is 11.5. The van der Waals surface area contributed by atoms with E-state index in [9.17, 15) is 0 Å². The van der Waals surface area contributed by atoms with E-state index in [1.807, 2.05) is 0 Å². The molecule has 0 heterocycles. The van der Waals surface area contributed by atoms with Crippen molar-refractivity contribution in [3.05, 3.63) is 9.66 Å². The van der Waals surface area contributed by atoms with E-state index in [2.05, 4.69) is 40.5 Å². The summed E-state index contributed by atoms with van der Waals surface area (Å²) in [5, 5.41) is 0. The lowest BCUT2D eigenvalue weighted by Gasteiger charge is -2.01. The van der Waals surface area contributed by atoms with Gasteiger partial charge in [-0.05, 0) is 23.8 Å². The molecule has 0 unspecified atom stereocenters. The molecule has 0 fully saturated rings. The molecule has 0 atom stereocenters. The Morgan fingerprint density at radius 2 is 1.43 bits per heavy atom. The Bertz CT molecular complexity index is 138. The molecule has 0 radical (unpaired) electrons. The molecule has 1 heteroatoms. The predicted octanol–water partition coefficient (Wildman–Crippen LogP) is 5.86. The molecule has 0 aliphatic carbocycles. The number of hydrogen-bond acceptors (Lipinski definition) is 0. The number of allylic oxidation sites excluding steroid dienone is 1. The fourth-order valence-corrected chi connectivity index (χ4v) is 1.90. The normalized spacial score (nSPS) is 12.1. The summed E-state index contributed by atoms with van der Waals surface area (Å²) < 4.78 is 2.21. The third-order valence-electron chi connectivity index (χ3n) is 2.61. The van der Waals surface area contributed by atoms with Crippen LogP contribution in [0.4, 0.5) is 0 Å². The van der Waals surface area contributed by atoms with Crippen LogP contribution in [0.2, 0.25) is 0 Å². The number of halogens is 1. The lowest BCUT2D eigenvalue weighted by atomic mass is 10.1. The van der Waals surface area contributed by atoms with Crippen molar-refractivity contribution in [2.45, 2.75) is 71.6 Å². The van der Waals surface area contributed by atoms with Crippen molar-refractivity contribution in [2.75, 3.05) is 0 Å². The minimum absolute atomic E-state index is 1.30. The smallest absolute Gasteiger partial charge is 0.0245 e. The molecule has 0 aliphatic rings. The van der Waals surface area contributed by atoms with E-state index < -0.39 is 0 Å². The maximum Gasteiger partial charge on any atom is -0.0245 e. The van der Waals surface area contributed by atoms with E-state index in [0.29, 0.717) is 0 Å². The van der Waals surface area contributed by atoms with Gasteiger partial charge in [0, 0.05) is 0 Å². The van der Waals surface area contributed by atoms with E-state index >= 15 is 0 Å². The van der Waals surface area contributed by atoms with Crippen molar-refractivity contribution in [1.29, 1.82) is 0 Å². The first-order valence-corrected chi connectivity index (χ1v) is 7.31. The van der Waals surface area contributed by atoms with Crippen LogP contribution in [-0.4, -0.2) is 0 Å². The average Bonchev–Trinajstić information content (AvgIpc) is 2.21. The Labute approximate surface area is 104 Å². The zero-order valence-electron chi connectivity index (χ0n) is 9.82. The highest BCUT2D eigenvalue weighted by Gasteiger charge is 1.92. The molecule has 0 spiro atoms. The Kier molecular flexibility index (Phi) is 11.9. The molecule has 14 heavy (non-hydrogen) atoms. The molecule has 0 aromatic carbocycles. The van der Waals surface area contributed by atoms with Gasteiger partial charge in [0.2, 0.25) is 0 Å². The lowest BCUT2D eigenvalue weighted by molar-refractivity contribution is 0.575. The van der Waals surface area contributed by atoms with E-state index in [0.717, 1.165) is 0 Å². The molecule has 0 aromatic heterocycles. The van der Waals surface area contributed by atoms with E-state index in [-0.39, 0.29) is 0 Å². The molecule has 0 N–H and O–H groups in total. The summed E-state index contributed by atoms with van der Waals surface area (Å²) in [5.74, 6) is 0. The largest absolute Gasteiger partial charge is 0.0673 e. The minimum Gasteiger partial charge on any atom is -0.0673 e. The number of hydrogen-bond donors (Lipinski definition) is 0. The lowest BCUT2D eigenvalue weighted by Crippen LogP contribution is -1.81. The molecule has 84 valence electrons. The fourth-order valence-electron chi connectivity index (χ4n) is 1.59. The maximum absolute atomic E-state index is 2.33. The first-order chi connectivity index (χ1) is 6.81. The quantitative estimate of drug-likeness (QED) is 0.370. The van der Waals surface area contributed by atoms with Gasteiger partial charge in [0.05, 0.1) is 0 Å². The molecular formula is C13H25I. The Balaban J connectivity index is 2.99. The van der Waals surface area contributed by atoms with Gasteiger partial charge in [-0.3, -0.25) is 0 Å². The molecule has 0 saturated carbocycles. The second-order valence-electron chi connectivity index (χ2n) is 4.18. The van der Waals surface area contributed by atoms with Crippen LogP contribution in [0.3, 0.4) is 0 Å². The predicted molar refractivity (Wildman–Crippen MR) is 75.0 cm³/mol. The molecule has 0 aromatic rings. The van der Waals surface area contributed by atoms with Crippen LogP contribution in [0.1, 0.15) is 71.6 Å². The topological polar surface area (TPSA) is 0 Å². The highest BCUT2D eigenvalue weighted by molar-refractivity contribution is 14.1. The molecule has 0 saturated heterocycles. The highest BCUT2D eigenvalue weighted by Crippen LogP contribution is 2.13. The highest BCUT2D eigenvalue weighted by atomic mass is 127. The average molecular weight is 308 g/mol. The van der Waals surface area contributed by atoms with Gasteiger partial charge in [-0.25, -0.2) is 0 Å². The van der Waals surface area contributed by atoms with Gasteiger partial charge in [0.15, 0.2) is 0 Å². The molecular weight excluding hydrogens is 283 g/mol. The zero-order valence-corrected chi connectivity index (χ0v) is 12.0. The summed E-state index contributed by atoms with van der Waals surface area (Å²) in [5.41, 5.74) is 1.54. The Hall–Kier alpha value is 0.470. The molecule has 0 rings (SSSR count). The van der Waals surface area contributed by atoms with Crippen LogP contribution in [0.15, 0.2) is 9.66 Å². The van der Waals surface area contributed by atoms with Gasteiger partial charge >= 0.3 is 0 Å². The summed E-state index contributed by atoms with van der Waals surface area (Å²) >= 11 is 2.33. The molecule has 0 amide bonds. The van der Waals surface area contributed by atoms with Gasteiger partial charge in [-0.1, -0.05) is 80.0 Å². The number of rotatable bonds is 9. The number of unbranched alkanes of at least 4 members (excludes halogenated alkanes) is 7. The van der Waals surface area contributed by atoms with Gasteiger partial charge in [-0.2, -0.15) is 0 Å². The minimum atomic E-state index is 1.30. The summed E-state index contributed by atoms with van der Waals surface area (Å²) in [6.07, 6.45) is 12.7. The SMILES string of the molecule is CCCCCCCCCCC(C)=CI. The maximum atomic E-state index is 2.33. The first-order valence-electron chi connectivity index (χ1n) is 6.07. The summed E-state index contributed by atoms with van der Waals surface area (Å²) in [4.78, 5) is 0. The van der Waals surface area contributed by atoms with E-state index in [1.54, 1.807) is 0 Å². The Morgan fingerprint density at radius 3 is 1.93 bits per heavy atom. The molecule has 0 nitrogen and oxygen atoms in total. The standard InChI is InChI=1S/C13H25I/c1-3-4-5-6-7-8-9-10-11-13(2)12-14/h12H,3-11H2,1-2H3. The summed E-state index contributed by atoms with van der Waals surface area (Å²) in [7, 11) is 0. The van der Waals surface area contributed by atoms with Crippen LogP contribution < -0.4 is 0 Å². The summed E-state index contributed by atoms with van der Waals surface area (Å²) in [6.45, 7) is 4.51. The van der Waals surface area contributed by atoms with Crippen LogP contribution in [0.5, 0.6) is 0 Å². The van der Waals surface area contributed by atoms with Crippen LogP contribution in [0, 0.1) is 0 Å². The first kappa shape index (κ1) is 14.5. The van der Waals surface area contributed by atoms with Gasteiger partial charge in [0.25, 0.3) is 0 Å². The van der Waals surface area contributed by atoms with Gasteiger partial charge < -0.3 is 0 Å². The van der Waals surface area contributed by atoms with Crippen LogP contribution in [0.25, 0.3) is 0 Å². The van der Waals surface area contributed by atoms with E-state index in [4.69, 9.17) is 0 Å². The van der Waals surface area contributed by atoms with Crippen molar-refractivity contribution < 1.29 is 0 Å². The van der Waals surface area contributed by atoms with Gasteiger partial charge in [-0.15, -0.1) is 0 Å². The third kappa shape index (κ3) is 10.6. The fraction of sp³-hybridized carbons (Fsp3) is 0.846.